The average Bonchev–Trinajstić information content (AvgIpc) is 2.74. The van der Waals surface area contributed by atoms with E-state index in [4.69, 9.17) is 0 Å². The summed E-state index contributed by atoms with van der Waals surface area (Å²) in [6, 6.07) is 20.1. The van der Waals surface area contributed by atoms with E-state index in [2.05, 4.69) is 0 Å². The van der Waals surface area contributed by atoms with Crippen LogP contribution in [0.2, 0.25) is 0 Å². The summed E-state index contributed by atoms with van der Waals surface area (Å²) in [5.41, 5.74) is 1.54. The van der Waals surface area contributed by atoms with E-state index < -0.39 is 5.41 Å². The lowest BCUT2D eigenvalue weighted by Gasteiger charge is -2.53. The Morgan fingerprint density at radius 3 is 2.28 bits per heavy atom. The minimum atomic E-state index is -0.536. The van der Waals surface area contributed by atoms with Crippen LogP contribution in [-0.2, 0) is 15.0 Å². The lowest BCUT2D eigenvalue weighted by molar-refractivity contribution is -0.150. The molecular weight excluding hydrogens is 360 g/mol. The molecule has 0 aliphatic carbocycles. The molecule has 0 spiro atoms. The Morgan fingerprint density at radius 1 is 0.966 bits per heavy atom. The highest BCUT2D eigenvalue weighted by Crippen LogP contribution is 2.35. The van der Waals surface area contributed by atoms with Crippen molar-refractivity contribution in [3.8, 4) is 0 Å². The van der Waals surface area contributed by atoms with Gasteiger partial charge >= 0.3 is 0 Å². The minimum absolute atomic E-state index is 0.0690. The van der Waals surface area contributed by atoms with Crippen molar-refractivity contribution in [1.82, 2.24) is 9.80 Å². The fraction of sp³-hybridized carbons (Fsp3) is 0.360. The van der Waals surface area contributed by atoms with Crippen LogP contribution in [0.5, 0.6) is 0 Å². The van der Waals surface area contributed by atoms with E-state index in [-0.39, 0.29) is 17.9 Å². The molecule has 2 fully saturated rings. The van der Waals surface area contributed by atoms with Gasteiger partial charge in [0.2, 0.25) is 11.8 Å². The van der Waals surface area contributed by atoms with Gasteiger partial charge in [0.15, 0.2) is 0 Å². The van der Waals surface area contributed by atoms with Crippen LogP contribution >= 0.6 is 0 Å². The Balaban J connectivity index is 1.35. The highest BCUT2D eigenvalue weighted by atomic mass is 16.2. The van der Waals surface area contributed by atoms with Crippen molar-refractivity contribution < 1.29 is 9.59 Å². The van der Waals surface area contributed by atoms with Crippen molar-refractivity contribution in [2.75, 3.05) is 19.6 Å². The molecule has 2 aliphatic heterocycles. The SMILES string of the molecule is CC(C)(C(=O)N1CC[C@H]2[C@@H](C1)CN2C(=O)/C=C/c1ccccc1)c1ccccc1. The van der Waals surface area contributed by atoms with Gasteiger partial charge in [-0.05, 0) is 37.5 Å². The molecule has 2 amide bonds. The average molecular weight is 389 g/mol. The lowest BCUT2D eigenvalue weighted by atomic mass is 9.79. The quantitative estimate of drug-likeness (QED) is 0.749. The zero-order chi connectivity index (χ0) is 20.4. The van der Waals surface area contributed by atoms with E-state index >= 15 is 0 Å². The number of piperidine rings is 1. The highest BCUT2D eigenvalue weighted by molar-refractivity contribution is 5.93. The summed E-state index contributed by atoms with van der Waals surface area (Å²) in [5, 5.41) is 0. The number of amides is 2. The molecule has 150 valence electrons. The lowest BCUT2D eigenvalue weighted by Crippen LogP contribution is -2.66. The minimum Gasteiger partial charge on any atom is -0.341 e. The summed E-state index contributed by atoms with van der Waals surface area (Å²) < 4.78 is 0. The standard InChI is InChI=1S/C25H28N2O2/c1-25(2,21-11-7-4-8-12-21)24(29)26-16-15-22-20(17-26)18-27(22)23(28)14-13-19-9-5-3-6-10-19/h3-14,20,22H,15-18H2,1-2H3/b14-13+/t20-,22-/m0/s1. The van der Waals surface area contributed by atoms with E-state index in [1.807, 2.05) is 90.4 Å². The first-order valence-electron chi connectivity index (χ1n) is 10.4. The molecule has 2 aliphatic rings. The molecule has 2 aromatic carbocycles. The van der Waals surface area contributed by atoms with Gasteiger partial charge in [-0.3, -0.25) is 9.59 Å². The molecular formula is C25H28N2O2. The van der Waals surface area contributed by atoms with Crippen molar-refractivity contribution in [2.45, 2.75) is 31.7 Å². The Hall–Kier alpha value is -2.88. The molecule has 4 nitrogen and oxygen atoms in total. The molecule has 2 saturated heterocycles. The fourth-order valence-corrected chi connectivity index (χ4v) is 4.50. The number of rotatable bonds is 4. The third-order valence-electron chi connectivity index (χ3n) is 6.34. The van der Waals surface area contributed by atoms with Crippen LogP contribution in [0.15, 0.2) is 66.7 Å². The second kappa shape index (κ2) is 7.86. The largest absolute Gasteiger partial charge is 0.341 e. The number of benzene rings is 2. The molecule has 4 rings (SSSR count). The van der Waals surface area contributed by atoms with Crippen LogP contribution in [0.3, 0.4) is 0 Å². The summed E-state index contributed by atoms with van der Waals surface area (Å²) in [6.45, 7) is 6.19. The molecule has 2 atom stereocenters. The first-order valence-corrected chi connectivity index (χ1v) is 10.4. The molecule has 0 saturated carbocycles. The normalized spacial score (nSPS) is 21.6. The van der Waals surface area contributed by atoms with Crippen LogP contribution in [0.4, 0.5) is 0 Å². The summed E-state index contributed by atoms with van der Waals surface area (Å²) in [7, 11) is 0. The van der Waals surface area contributed by atoms with Crippen molar-refractivity contribution in [3.05, 3.63) is 77.9 Å². The summed E-state index contributed by atoms with van der Waals surface area (Å²) in [5.74, 6) is 0.628. The molecule has 0 radical (unpaired) electrons. The maximum absolute atomic E-state index is 13.2. The Morgan fingerprint density at radius 2 is 1.62 bits per heavy atom. The zero-order valence-corrected chi connectivity index (χ0v) is 17.1. The van der Waals surface area contributed by atoms with Gasteiger partial charge in [-0.1, -0.05) is 60.7 Å². The van der Waals surface area contributed by atoms with Crippen molar-refractivity contribution in [1.29, 1.82) is 0 Å². The maximum atomic E-state index is 13.2. The number of carbonyl (C=O) groups is 2. The number of hydrogen-bond acceptors (Lipinski definition) is 2. The van der Waals surface area contributed by atoms with Crippen molar-refractivity contribution in [2.24, 2.45) is 5.92 Å². The second-order valence-corrected chi connectivity index (χ2v) is 8.59. The van der Waals surface area contributed by atoms with Gasteiger partial charge in [0.25, 0.3) is 0 Å². The monoisotopic (exact) mass is 388 g/mol. The van der Waals surface area contributed by atoms with Gasteiger partial charge in [0.05, 0.1) is 5.41 Å². The molecule has 2 aromatic rings. The maximum Gasteiger partial charge on any atom is 0.246 e. The van der Waals surface area contributed by atoms with E-state index in [1.165, 1.54) is 0 Å². The van der Waals surface area contributed by atoms with Crippen LogP contribution < -0.4 is 0 Å². The molecule has 0 bridgehead atoms. The van der Waals surface area contributed by atoms with Gasteiger partial charge < -0.3 is 9.80 Å². The third kappa shape index (κ3) is 3.84. The van der Waals surface area contributed by atoms with E-state index in [0.29, 0.717) is 12.5 Å². The van der Waals surface area contributed by atoms with E-state index in [1.54, 1.807) is 6.08 Å². The first kappa shape index (κ1) is 19.4. The van der Waals surface area contributed by atoms with E-state index in [9.17, 15) is 9.59 Å². The topological polar surface area (TPSA) is 40.6 Å². The molecule has 0 aromatic heterocycles. The van der Waals surface area contributed by atoms with Crippen molar-refractivity contribution in [3.63, 3.8) is 0 Å². The van der Waals surface area contributed by atoms with Gasteiger partial charge in [0, 0.05) is 37.7 Å². The highest BCUT2D eigenvalue weighted by Gasteiger charge is 2.46. The molecule has 0 unspecified atom stereocenters. The first-order chi connectivity index (χ1) is 14.0. The van der Waals surface area contributed by atoms with Crippen LogP contribution in [0.25, 0.3) is 6.08 Å². The summed E-state index contributed by atoms with van der Waals surface area (Å²) >= 11 is 0. The number of likely N-dealkylation sites (tertiary alicyclic amines) is 2. The smallest absolute Gasteiger partial charge is 0.246 e. The third-order valence-corrected chi connectivity index (χ3v) is 6.34. The number of carbonyl (C=O) groups excluding carboxylic acids is 2. The van der Waals surface area contributed by atoms with Gasteiger partial charge in [-0.2, -0.15) is 0 Å². The van der Waals surface area contributed by atoms with Gasteiger partial charge in [-0.15, -0.1) is 0 Å². The Bertz CT molecular complexity index is 905. The molecule has 0 N–H and O–H groups in total. The number of nitrogens with zero attached hydrogens (tertiary/aromatic N) is 2. The molecule has 2 heterocycles. The van der Waals surface area contributed by atoms with Gasteiger partial charge in [0.1, 0.15) is 0 Å². The van der Waals surface area contributed by atoms with E-state index in [0.717, 1.165) is 30.6 Å². The van der Waals surface area contributed by atoms with Crippen LogP contribution in [-0.4, -0.2) is 47.3 Å². The molecule has 4 heteroatoms. The van der Waals surface area contributed by atoms with Crippen molar-refractivity contribution >= 4 is 17.9 Å². The Kier molecular flexibility index (Phi) is 5.27. The van der Waals surface area contributed by atoms with Crippen LogP contribution in [0.1, 0.15) is 31.4 Å². The van der Waals surface area contributed by atoms with Gasteiger partial charge in [-0.25, -0.2) is 0 Å². The summed E-state index contributed by atoms with van der Waals surface area (Å²) in [4.78, 5) is 29.7. The number of hydrogen-bond donors (Lipinski definition) is 0. The summed E-state index contributed by atoms with van der Waals surface area (Å²) in [6.07, 6.45) is 4.39. The molecule has 29 heavy (non-hydrogen) atoms. The predicted octanol–water partition coefficient (Wildman–Crippen LogP) is 3.74. The fourth-order valence-electron chi connectivity index (χ4n) is 4.50. The second-order valence-electron chi connectivity index (χ2n) is 8.59. The number of fused-ring (bicyclic) bond motifs is 1. The predicted molar refractivity (Wildman–Crippen MR) is 115 cm³/mol. The Labute approximate surface area is 172 Å². The van der Waals surface area contributed by atoms with Crippen LogP contribution in [0, 0.1) is 5.92 Å². The zero-order valence-electron chi connectivity index (χ0n) is 17.1.